The SMILES string of the molecule is CN(C)c1ccccc1-c1ccc2ncnc(Nc3ccc(OCc4cccc(F)c4)c(Cl)c3)c2c1. The summed E-state index contributed by atoms with van der Waals surface area (Å²) in [6, 6.07) is 26.2. The van der Waals surface area contributed by atoms with Gasteiger partial charge in [-0.3, -0.25) is 0 Å². The Morgan fingerprint density at radius 3 is 2.58 bits per heavy atom. The molecular formula is C29H24ClFN4O. The van der Waals surface area contributed by atoms with E-state index in [1.807, 2.05) is 38.4 Å². The summed E-state index contributed by atoms with van der Waals surface area (Å²) in [5, 5.41) is 4.70. The fraction of sp³-hybridized carbons (Fsp3) is 0.103. The molecule has 0 saturated heterocycles. The standard InChI is InChI=1S/C29H24ClFN4O/c1-35(2)27-9-4-3-8-23(27)20-10-12-26-24(15-20)29(33-18-32-26)34-22-11-13-28(25(30)16-22)36-17-19-6-5-7-21(31)14-19/h3-16,18H,17H2,1-2H3,(H,32,33,34). The number of rotatable bonds is 7. The van der Waals surface area contributed by atoms with E-state index in [9.17, 15) is 4.39 Å². The largest absolute Gasteiger partial charge is 0.487 e. The highest BCUT2D eigenvalue weighted by molar-refractivity contribution is 6.32. The van der Waals surface area contributed by atoms with Gasteiger partial charge in [0, 0.05) is 36.4 Å². The first-order chi connectivity index (χ1) is 17.5. The molecule has 0 unspecified atom stereocenters. The summed E-state index contributed by atoms with van der Waals surface area (Å²) >= 11 is 6.49. The van der Waals surface area contributed by atoms with Gasteiger partial charge in [0.2, 0.25) is 0 Å². The van der Waals surface area contributed by atoms with Crippen LogP contribution >= 0.6 is 11.6 Å². The number of aromatic nitrogens is 2. The molecule has 0 aliphatic rings. The molecule has 36 heavy (non-hydrogen) atoms. The van der Waals surface area contributed by atoms with Crippen molar-refractivity contribution >= 4 is 39.7 Å². The minimum absolute atomic E-state index is 0.220. The Labute approximate surface area is 214 Å². The molecule has 1 heterocycles. The predicted molar refractivity (Wildman–Crippen MR) is 145 cm³/mol. The molecule has 5 aromatic rings. The van der Waals surface area contributed by atoms with Gasteiger partial charge in [0.15, 0.2) is 0 Å². The van der Waals surface area contributed by atoms with E-state index in [0.717, 1.165) is 39.0 Å². The zero-order chi connectivity index (χ0) is 25.1. The molecule has 5 rings (SSSR count). The number of fused-ring (bicyclic) bond motifs is 1. The first kappa shape index (κ1) is 23.6. The quantitative estimate of drug-likeness (QED) is 0.252. The second kappa shape index (κ2) is 10.2. The van der Waals surface area contributed by atoms with Crippen LogP contribution in [0, 0.1) is 5.82 Å². The zero-order valence-electron chi connectivity index (χ0n) is 19.9. The third-order valence-electron chi connectivity index (χ3n) is 5.81. The molecule has 180 valence electrons. The monoisotopic (exact) mass is 498 g/mol. The summed E-state index contributed by atoms with van der Waals surface area (Å²) in [5.41, 5.74) is 5.65. The first-order valence-corrected chi connectivity index (χ1v) is 11.8. The van der Waals surface area contributed by atoms with Gasteiger partial charge in [-0.25, -0.2) is 14.4 Å². The molecule has 7 heteroatoms. The van der Waals surface area contributed by atoms with Crippen molar-refractivity contribution in [3.63, 3.8) is 0 Å². The minimum Gasteiger partial charge on any atom is -0.487 e. The van der Waals surface area contributed by atoms with Crippen LogP contribution in [0.2, 0.25) is 5.02 Å². The van der Waals surface area contributed by atoms with E-state index in [1.54, 1.807) is 24.3 Å². The Balaban J connectivity index is 1.41. The topological polar surface area (TPSA) is 50.3 Å². The number of halogens is 2. The lowest BCUT2D eigenvalue weighted by atomic mass is 10.0. The van der Waals surface area contributed by atoms with Crippen LogP contribution in [-0.4, -0.2) is 24.1 Å². The number of nitrogens with one attached hydrogen (secondary N) is 1. The molecule has 0 radical (unpaired) electrons. The van der Waals surface area contributed by atoms with Gasteiger partial charge in [-0.05, 0) is 59.7 Å². The fourth-order valence-corrected chi connectivity index (χ4v) is 4.29. The molecular weight excluding hydrogens is 475 g/mol. The summed E-state index contributed by atoms with van der Waals surface area (Å²) in [4.78, 5) is 11.0. The van der Waals surface area contributed by atoms with Crippen LogP contribution in [0.15, 0.2) is 91.3 Å². The molecule has 1 N–H and O–H groups in total. The van der Waals surface area contributed by atoms with Crippen LogP contribution in [-0.2, 0) is 6.61 Å². The van der Waals surface area contributed by atoms with E-state index in [1.165, 1.54) is 18.5 Å². The molecule has 0 spiro atoms. The van der Waals surface area contributed by atoms with Crippen molar-refractivity contribution in [2.45, 2.75) is 6.61 Å². The average Bonchev–Trinajstić information content (AvgIpc) is 2.88. The van der Waals surface area contributed by atoms with Crippen LogP contribution in [0.1, 0.15) is 5.56 Å². The smallest absolute Gasteiger partial charge is 0.141 e. The molecule has 0 bridgehead atoms. The highest BCUT2D eigenvalue weighted by Gasteiger charge is 2.11. The third kappa shape index (κ3) is 5.09. The maximum Gasteiger partial charge on any atom is 0.141 e. The van der Waals surface area contributed by atoms with Gasteiger partial charge in [-0.2, -0.15) is 0 Å². The summed E-state index contributed by atoms with van der Waals surface area (Å²) in [6.45, 7) is 0.220. The summed E-state index contributed by atoms with van der Waals surface area (Å²) in [5.74, 6) is 0.891. The van der Waals surface area contributed by atoms with E-state index in [4.69, 9.17) is 16.3 Å². The number of hydrogen-bond acceptors (Lipinski definition) is 5. The lowest BCUT2D eigenvalue weighted by molar-refractivity contribution is 0.306. The molecule has 0 fully saturated rings. The van der Waals surface area contributed by atoms with Crippen molar-refractivity contribution in [1.29, 1.82) is 0 Å². The summed E-state index contributed by atoms with van der Waals surface area (Å²) in [6.07, 6.45) is 1.54. The van der Waals surface area contributed by atoms with Crippen LogP contribution in [0.25, 0.3) is 22.0 Å². The maximum atomic E-state index is 13.4. The number of nitrogens with zero attached hydrogens (tertiary/aromatic N) is 3. The number of para-hydroxylation sites is 1. The Hall–Kier alpha value is -4.16. The normalized spacial score (nSPS) is 10.9. The summed E-state index contributed by atoms with van der Waals surface area (Å²) < 4.78 is 19.2. The second-order valence-electron chi connectivity index (χ2n) is 8.55. The number of ether oxygens (including phenoxy) is 1. The Bertz CT molecular complexity index is 1540. The zero-order valence-corrected chi connectivity index (χ0v) is 20.6. The molecule has 0 saturated carbocycles. The van der Waals surface area contributed by atoms with E-state index in [0.29, 0.717) is 16.6 Å². The Morgan fingerprint density at radius 2 is 1.78 bits per heavy atom. The van der Waals surface area contributed by atoms with Crippen molar-refractivity contribution in [3.05, 3.63) is 108 Å². The number of hydrogen-bond donors (Lipinski definition) is 1. The summed E-state index contributed by atoms with van der Waals surface area (Å²) in [7, 11) is 4.07. The van der Waals surface area contributed by atoms with Crippen molar-refractivity contribution in [1.82, 2.24) is 9.97 Å². The van der Waals surface area contributed by atoms with Crippen molar-refractivity contribution in [3.8, 4) is 16.9 Å². The number of anilines is 3. The molecule has 5 nitrogen and oxygen atoms in total. The lowest BCUT2D eigenvalue weighted by Crippen LogP contribution is -2.09. The molecule has 0 amide bonds. The highest BCUT2D eigenvalue weighted by atomic mass is 35.5. The fourth-order valence-electron chi connectivity index (χ4n) is 4.05. The van der Waals surface area contributed by atoms with E-state index >= 15 is 0 Å². The lowest BCUT2D eigenvalue weighted by Gasteiger charge is -2.18. The molecule has 0 aliphatic carbocycles. The van der Waals surface area contributed by atoms with Gasteiger partial charge in [-0.15, -0.1) is 0 Å². The van der Waals surface area contributed by atoms with Gasteiger partial charge in [-0.1, -0.05) is 48.0 Å². The molecule has 0 aliphatic heterocycles. The molecule has 1 aromatic heterocycles. The predicted octanol–water partition coefficient (Wildman–Crippen LogP) is 7.48. The van der Waals surface area contributed by atoms with Crippen LogP contribution in [0.4, 0.5) is 21.6 Å². The van der Waals surface area contributed by atoms with Crippen molar-refractivity contribution in [2.75, 3.05) is 24.3 Å². The van der Waals surface area contributed by atoms with E-state index in [-0.39, 0.29) is 12.4 Å². The Morgan fingerprint density at radius 1 is 0.917 bits per heavy atom. The number of benzene rings is 4. The van der Waals surface area contributed by atoms with Gasteiger partial charge in [0.25, 0.3) is 0 Å². The Kier molecular flexibility index (Phi) is 6.69. The van der Waals surface area contributed by atoms with Gasteiger partial charge < -0.3 is 15.0 Å². The highest BCUT2D eigenvalue weighted by Crippen LogP contribution is 2.34. The first-order valence-electron chi connectivity index (χ1n) is 11.4. The van der Waals surface area contributed by atoms with Crippen LogP contribution in [0.3, 0.4) is 0 Å². The van der Waals surface area contributed by atoms with E-state index in [2.05, 4.69) is 44.5 Å². The van der Waals surface area contributed by atoms with Gasteiger partial charge >= 0.3 is 0 Å². The van der Waals surface area contributed by atoms with Gasteiger partial charge in [0.05, 0.1) is 10.5 Å². The molecule has 4 aromatic carbocycles. The molecule has 0 atom stereocenters. The second-order valence-corrected chi connectivity index (χ2v) is 8.96. The minimum atomic E-state index is -0.299. The van der Waals surface area contributed by atoms with Crippen molar-refractivity contribution < 1.29 is 9.13 Å². The van der Waals surface area contributed by atoms with Crippen LogP contribution < -0.4 is 15.0 Å². The van der Waals surface area contributed by atoms with Gasteiger partial charge in [0.1, 0.15) is 30.3 Å². The van der Waals surface area contributed by atoms with Crippen LogP contribution in [0.5, 0.6) is 5.75 Å². The maximum absolute atomic E-state index is 13.4. The average molecular weight is 499 g/mol. The third-order valence-corrected chi connectivity index (χ3v) is 6.11. The van der Waals surface area contributed by atoms with Crippen molar-refractivity contribution in [2.24, 2.45) is 0 Å². The van der Waals surface area contributed by atoms with E-state index < -0.39 is 0 Å².